The largest absolute Gasteiger partial charge is 0.325 e. The number of carbonyl (C=O) groups excluding carboxylic acids is 3. The molecule has 0 saturated heterocycles. The lowest BCUT2D eigenvalue weighted by atomic mass is 10.0. The normalized spacial score (nSPS) is 10.9. The Hall–Kier alpha value is -5.07. The van der Waals surface area contributed by atoms with Crippen LogP contribution in [0, 0.1) is 6.92 Å². The highest BCUT2D eigenvalue weighted by molar-refractivity contribution is 7.16. The molecule has 0 atom stereocenters. The summed E-state index contributed by atoms with van der Waals surface area (Å²) in [7, 11) is 0. The summed E-state index contributed by atoms with van der Waals surface area (Å²) >= 11 is 1.60. The molecule has 0 unspecified atom stereocenters. The van der Waals surface area contributed by atoms with Gasteiger partial charge in [0.05, 0.1) is 12.1 Å². The molecule has 6 heteroatoms. The molecule has 2 N–H and O–H groups in total. The summed E-state index contributed by atoms with van der Waals surface area (Å²) in [6, 6.07) is 35.6. The number of thiophene rings is 1. The van der Waals surface area contributed by atoms with Crippen molar-refractivity contribution in [1.82, 2.24) is 0 Å². The molecule has 1 heterocycles. The van der Waals surface area contributed by atoms with E-state index in [1.807, 2.05) is 67.6 Å². The van der Waals surface area contributed by atoms with Gasteiger partial charge in [-0.15, -0.1) is 11.3 Å². The molecule has 0 saturated carbocycles. The van der Waals surface area contributed by atoms with Crippen LogP contribution in [0.25, 0.3) is 16.5 Å². The molecular formula is C35H28N2O3S. The average molecular weight is 557 g/mol. The van der Waals surface area contributed by atoms with Crippen molar-refractivity contribution >= 4 is 46.4 Å². The Labute approximate surface area is 243 Å². The number of benzene rings is 4. The monoisotopic (exact) mass is 556 g/mol. The highest BCUT2D eigenvalue weighted by atomic mass is 32.1. The van der Waals surface area contributed by atoms with E-state index in [2.05, 4.69) is 22.8 Å². The quantitative estimate of drug-likeness (QED) is 0.144. The number of ketones is 1. The molecule has 5 nitrogen and oxygen atoms in total. The van der Waals surface area contributed by atoms with E-state index < -0.39 is 0 Å². The fourth-order valence-electron chi connectivity index (χ4n) is 4.29. The zero-order valence-corrected chi connectivity index (χ0v) is 23.3. The molecule has 41 heavy (non-hydrogen) atoms. The van der Waals surface area contributed by atoms with Crippen molar-refractivity contribution in [1.29, 1.82) is 0 Å². The standard InChI is InChI=1S/C35H28N2O3S/c1-24-12-14-25(15-13-24)22-34(39)37-31-19-16-28(23-30(31)35(40)27-10-6-3-7-11-27)36-33(38)21-18-29-17-20-32(41-29)26-8-4-2-5-9-26/h2-21,23H,22H2,1H3,(H,36,38)(H,37,39)/b21-18+. The van der Waals surface area contributed by atoms with Gasteiger partial charge < -0.3 is 10.6 Å². The van der Waals surface area contributed by atoms with Crippen molar-refractivity contribution in [2.45, 2.75) is 13.3 Å². The van der Waals surface area contributed by atoms with Crippen molar-refractivity contribution in [2.24, 2.45) is 0 Å². The van der Waals surface area contributed by atoms with Crippen molar-refractivity contribution in [2.75, 3.05) is 10.6 Å². The third-order valence-electron chi connectivity index (χ3n) is 6.41. The zero-order chi connectivity index (χ0) is 28.6. The summed E-state index contributed by atoms with van der Waals surface area (Å²) in [5, 5.41) is 5.72. The summed E-state index contributed by atoms with van der Waals surface area (Å²) in [5.41, 5.74) is 4.73. The van der Waals surface area contributed by atoms with Gasteiger partial charge in [0.25, 0.3) is 0 Å². The molecule has 0 aliphatic carbocycles. The van der Waals surface area contributed by atoms with Gasteiger partial charge in [0.1, 0.15) is 0 Å². The lowest BCUT2D eigenvalue weighted by Crippen LogP contribution is -2.18. The summed E-state index contributed by atoms with van der Waals surface area (Å²) in [6.07, 6.45) is 3.41. The Morgan fingerprint density at radius 1 is 0.756 bits per heavy atom. The molecule has 0 aliphatic heterocycles. The molecule has 2 amide bonds. The van der Waals surface area contributed by atoms with Gasteiger partial charge in [0.2, 0.25) is 11.8 Å². The van der Waals surface area contributed by atoms with Gasteiger partial charge in [-0.05, 0) is 54.5 Å². The van der Waals surface area contributed by atoms with E-state index in [4.69, 9.17) is 0 Å². The van der Waals surface area contributed by atoms with Gasteiger partial charge in [-0.2, -0.15) is 0 Å². The number of amides is 2. The van der Waals surface area contributed by atoms with Crippen LogP contribution in [-0.4, -0.2) is 17.6 Å². The molecule has 0 radical (unpaired) electrons. The van der Waals surface area contributed by atoms with E-state index in [0.29, 0.717) is 22.5 Å². The average Bonchev–Trinajstić information content (AvgIpc) is 3.48. The maximum Gasteiger partial charge on any atom is 0.248 e. The fraction of sp³-hybridized carbons (Fsp3) is 0.0571. The Morgan fingerprint density at radius 3 is 2.20 bits per heavy atom. The minimum atomic E-state index is -0.325. The summed E-state index contributed by atoms with van der Waals surface area (Å²) < 4.78 is 0. The number of hydrogen-bond donors (Lipinski definition) is 2. The lowest BCUT2D eigenvalue weighted by Gasteiger charge is -2.13. The Bertz CT molecular complexity index is 1710. The minimum Gasteiger partial charge on any atom is -0.325 e. The molecule has 1 aromatic heterocycles. The van der Waals surface area contributed by atoms with Crippen molar-refractivity contribution in [3.05, 3.63) is 148 Å². The van der Waals surface area contributed by atoms with Gasteiger partial charge >= 0.3 is 0 Å². The first-order valence-corrected chi connectivity index (χ1v) is 14.0. The van der Waals surface area contributed by atoms with Crippen molar-refractivity contribution in [3.8, 4) is 10.4 Å². The molecular weight excluding hydrogens is 528 g/mol. The van der Waals surface area contributed by atoms with Crippen LogP contribution in [0.15, 0.2) is 121 Å². The Kier molecular flexibility index (Phi) is 8.62. The number of nitrogens with one attached hydrogen (secondary N) is 2. The first kappa shape index (κ1) is 27.5. The second-order valence-corrected chi connectivity index (χ2v) is 10.7. The van der Waals surface area contributed by atoms with Crippen LogP contribution in [0.2, 0.25) is 0 Å². The Balaban J connectivity index is 1.32. The van der Waals surface area contributed by atoms with E-state index in [1.54, 1.807) is 59.9 Å². The second-order valence-electron chi connectivity index (χ2n) is 9.56. The number of hydrogen-bond acceptors (Lipinski definition) is 4. The van der Waals surface area contributed by atoms with Gasteiger partial charge in [0.15, 0.2) is 5.78 Å². The number of carbonyl (C=O) groups is 3. The van der Waals surface area contributed by atoms with E-state index in [-0.39, 0.29) is 24.0 Å². The van der Waals surface area contributed by atoms with Gasteiger partial charge in [-0.1, -0.05) is 90.5 Å². The van der Waals surface area contributed by atoms with Crippen LogP contribution < -0.4 is 10.6 Å². The van der Waals surface area contributed by atoms with E-state index in [0.717, 1.165) is 26.4 Å². The molecule has 4 aromatic carbocycles. The topological polar surface area (TPSA) is 75.3 Å². The predicted octanol–water partition coefficient (Wildman–Crippen LogP) is 7.79. The third kappa shape index (κ3) is 7.32. The summed E-state index contributed by atoms with van der Waals surface area (Å²) in [4.78, 5) is 41.1. The molecule has 0 bridgehead atoms. The van der Waals surface area contributed by atoms with E-state index in [9.17, 15) is 14.4 Å². The summed E-state index contributed by atoms with van der Waals surface area (Å²) in [5.74, 6) is -0.815. The molecule has 5 aromatic rings. The first-order chi connectivity index (χ1) is 19.9. The molecule has 0 aliphatic rings. The molecule has 5 rings (SSSR count). The van der Waals surface area contributed by atoms with Crippen LogP contribution in [0.5, 0.6) is 0 Å². The van der Waals surface area contributed by atoms with Crippen LogP contribution in [-0.2, 0) is 16.0 Å². The lowest BCUT2D eigenvalue weighted by molar-refractivity contribution is -0.115. The van der Waals surface area contributed by atoms with Crippen LogP contribution in [0.4, 0.5) is 11.4 Å². The van der Waals surface area contributed by atoms with Crippen molar-refractivity contribution < 1.29 is 14.4 Å². The number of rotatable bonds is 9. The number of anilines is 2. The molecule has 202 valence electrons. The van der Waals surface area contributed by atoms with E-state index in [1.165, 1.54) is 6.08 Å². The SMILES string of the molecule is Cc1ccc(CC(=O)Nc2ccc(NC(=O)/C=C/c3ccc(-c4ccccc4)s3)cc2C(=O)c2ccccc2)cc1. The zero-order valence-electron chi connectivity index (χ0n) is 22.5. The van der Waals surface area contributed by atoms with Crippen molar-refractivity contribution in [3.63, 3.8) is 0 Å². The third-order valence-corrected chi connectivity index (χ3v) is 7.51. The van der Waals surface area contributed by atoms with Crippen LogP contribution in [0.3, 0.4) is 0 Å². The maximum atomic E-state index is 13.4. The fourth-order valence-corrected chi connectivity index (χ4v) is 5.21. The van der Waals surface area contributed by atoms with Gasteiger partial charge in [-0.25, -0.2) is 0 Å². The van der Waals surface area contributed by atoms with Crippen LogP contribution in [0.1, 0.15) is 31.9 Å². The molecule has 0 fully saturated rings. The predicted molar refractivity (Wildman–Crippen MR) is 167 cm³/mol. The van der Waals surface area contributed by atoms with Gasteiger partial charge in [-0.3, -0.25) is 14.4 Å². The molecule has 0 spiro atoms. The second kappa shape index (κ2) is 12.9. The highest BCUT2D eigenvalue weighted by Gasteiger charge is 2.17. The number of aryl methyl sites for hydroxylation is 1. The van der Waals surface area contributed by atoms with Crippen LogP contribution >= 0.6 is 11.3 Å². The highest BCUT2D eigenvalue weighted by Crippen LogP contribution is 2.29. The Morgan fingerprint density at radius 2 is 1.46 bits per heavy atom. The van der Waals surface area contributed by atoms with Gasteiger partial charge in [0, 0.05) is 32.6 Å². The smallest absolute Gasteiger partial charge is 0.248 e. The maximum absolute atomic E-state index is 13.4. The minimum absolute atomic E-state index is 0.178. The first-order valence-electron chi connectivity index (χ1n) is 13.2. The summed E-state index contributed by atoms with van der Waals surface area (Å²) in [6.45, 7) is 1.99. The van der Waals surface area contributed by atoms with E-state index >= 15 is 0 Å².